The fourth-order valence-electron chi connectivity index (χ4n) is 2.90. The summed E-state index contributed by atoms with van der Waals surface area (Å²) in [6, 6.07) is 21.3. The van der Waals surface area contributed by atoms with Crippen LogP contribution >= 0.6 is 15.9 Å². The van der Waals surface area contributed by atoms with Crippen molar-refractivity contribution in [3.8, 4) is 5.75 Å². The van der Waals surface area contributed by atoms with Crippen molar-refractivity contribution in [2.24, 2.45) is 5.73 Å². The highest BCUT2D eigenvalue weighted by molar-refractivity contribution is 9.10. The standard InChI is InChI=1S/C22H21BrN2O3/c23-22-18-9-5-4-8-17(18)10-11-19(22)28-15-21(27)25(13-12-20(24)26)14-16-6-2-1-3-7-16/h1-11H,12-15H2,(H2,24,26). The van der Waals surface area contributed by atoms with E-state index in [0.29, 0.717) is 12.3 Å². The highest BCUT2D eigenvalue weighted by atomic mass is 79.9. The number of rotatable bonds is 8. The van der Waals surface area contributed by atoms with Gasteiger partial charge in [-0.1, -0.05) is 60.7 Å². The molecule has 0 aliphatic rings. The molecule has 3 aromatic rings. The van der Waals surface area contributed by atoms with Crippen molar-refractivity contribution in [2.75, 3.05) is 13.2 Å². The zero-order valence-electron chi connectivity index (χ0n) is 15.3. The first-order valence-corrected chi connectivity index (χ1v) is 9.74. The van der Waals surface area contributed by atoms with Gasteiger partial charge in [0, 0.05) is 19.5 Å². The number of nitrogens with zero attached hydrogens (tertiary/aromatic N) is 1. The Morgan fingerprint density at radius 2 is 1.68 bits per heavy atom. The first kappa shape index (κ1) is 19.9. The van der Waals surface area contributed by atoms with E-state index in [1.807, 2.05) is 66.7 Å². The van der Waals surface area contributed by atoms with Crippen LogP contribution in [0.15, 0.2) is 71.2 Å². The van der Waals surface area contributed by atoms with Gasteiger partial charge in [0.1, 0.15) is 5.75 Å². The normalized spacial score (nSPS) is 10.6. The smallest absolute Gasteiger partial charge is 0.260 e. The van der Waals surface area contributed by atoms with Crippen molar-refractivity contribution in [1.82, 2.24) is 4.90 Å². The Morgan fingerprint density at radius 1 is 0.964 bits per heavy atom. The minimum Gasteiger partial charge on any atom is -0.483 e. The summed E-state index contributed by atoms with van der Waals surface area (Å²) in [4.78, 5) is 25.5. The van der Waals surface area contributed by atoms with Gasteiger partial charge in [-0.25, -0.2) is 0 Å². The largest absolute Gasteiger partial charge is 0.483 e. The third-order valence-corrected chi connectivity index (χ3v) is 5.19. The fraction of sp³-hybridized carbons (Fsp3) is 0.182. The van der Waals surface area contributed by atoms with Crippen molar-refractivity contribution in [3.63, 3.8) is 0 Å². The minimum absolute atomic E-state index is 0.109. The van der Waals surface area contributed by atoms with Crippen LogP contribution < -0.4 is 10.5 Å². The molecule has 0 unspecified atom stereocenters. The van der Waals surface area contributed by atoms with E-state index in [9.17, 15) is 9.59 Å². The summed E-state index contributed by atoms with van der Waals surface area (Å²) < 4.78 is 6.59. The summed E-state index contributed by atoms with van der Waals surface area (Å²) in [5.41, 5.74) is 6.24. The molecule has 0 radical (unpaired) electrons. The van der Waals surface area contributed by atoms with E-state index in [4.69, 9.17) is 10.5 Å². The second-order valence-electron chi connectivity index (χ2n) is 6.40. The molecule has 2 N–H and O–H groups in total. The second kappa shape index (κ2) is 9.37. The Bertz CT molecular complexity index is 976. The predicted molar refractivity (Wildman–Crippen MR) is 113 cm³/mol. The third kappa shape index (κ3) is 5.10. The molecule has 144 valence electrons. The van der Waals surface area contributed by atoms with E-state index >= 15 is 0 Å². The van der Waals surface area contributed by atoms with Gasteiger partial charge in [-0.3, -0.25) is 9.59 Å². The summed E-state index contributed by atoms with van der Waals surface area (Å²) >= 11 is 3.56. The number of nitrogens with two attached hydrogens (primary N) is 1. The Kier molecular flexibility index (Phi) is 6.66. The van der Waals surface area contributed by atoms with Crippen molar-refractivity contribution in [2.45, 2.75) is 13.0 Å². The van der Waals surface area contributed by atoms with Gasteiger partial charge in [-0.2, -0.15) is 0 Å². The van der Waals surface area contributed by atoms with Crippen LogP contribution in [0.5, 0.6) is 5.75 Å². The van der Waals surface area contributed by atoms with Crippen molar-refractivity contribution in [3.05, 3.63) is 76.8 Å². The number of amides is 2. The monoisotopic (exact) mass is 440 g/mol. The van der Waals surface area contributed by atoms with Gasteiger partial charge >= 0.3 is 0 Å². The van der Waals surface area contributed by atoms with E-state index in [1.54, 1.807) is 4.90 Å². The Balaban J connectivity index is 1.70. The minimum atomic E-state index is -0.441. The van der Waals surface area contributed by atoms with Crippen LogP contribution in [0.4, 0.5) is 0 Å². The maximum atomic E-state index is 12.7. The van der Waals surface area contributed by atoms with Gasteiger partial charge in [0.2, 0.25) is 5.91 Å². The number of primary amides is 1. The number of halogens is 1. The van der Waals surface area contributed by atoms with E-state index in [2.05, 4.69) is 15.9 Å². The summed E-state index contributed by atoms with van der Waals surface area (Å²) in [6.45, 7) is 0.531. The van der Waals surface area contributed by atoms with Gasteiger partial charge in [0.15, 0.2) is 6.61 Å². The lowest BCUT2D eigenvalue weighted by Gasteiger charge is -2.22. The van der Waals surface area contributed by atoms with Crippen LogP contribution in [0.3, 0.4) is 0 Å². The summed E-state index contributed by atoms with van der Waals surface area (Å²) in [6.07, 6.45) is 0.109. The number of hydrogen-bond acceptors (Lipinski definition) is 3. The lowest BCUT2D eigenvalue weighted by Crippen LogP contribution is -2.36. The highest BCUT2D eigenvalue weighted by Gasteiger charge is 2.17. The second-order valence-corrected chi connectivity index (χ2v) is 7.20. The maximum Gasteiger partial charge on any atom is 0.260 e. The summed E-state index contributed by atoms with van der Waals surface area (Å²) in [7, 11) is 0. The highest BCUT2D eigenvalue weighted by Crippen LogP contribution is 2.33. The summed E-state index contributed by atoms with van der Waals surface area (Å²) in [5, 5.41) is 2.10. The Labute approximate surface area is 172 Å². The zero-order valence-corrected chi connectivity index (χ0v) is 16.9. The van der Waals surface area contributed by atoms with Crippen molar-refractivity contribution >= 4 is 38.5 Å². The molecule has 0 fully saturated rings. The number of benzene rings is 3. The van der Waals surface area contributed by atoms with Crippen LogP contribution in [0.2, 0.25) is 0 Å². The molecule has 0 atom stereocenters. The molecule has 0 aliphatic heterocycles. The van der Waals surface area contributed by atoms with E-state index in [1.165, 1.54) is 0 Å². The molecule has 28 heavy (non-hydrogen) atoms. The molecule has 2 amide bonds. The van der Waals surface area contributed by atoms with Crippen molar-refractivity contribution < 1.29 is 14.3 Å². The average molecular weight is 441 g/mol. The molecule has 3 rings (SSSR count). The molecule has 6 heteroatoms. The molecule has 3 aromatic carbocycles. The number of carbonyl (C=O) groups is 2. The SMILES string of the molecule is NC(=O)CCN(Cc1ccccc1)C(=O)COc1ccc2ccccc2c1Br. The molecule has 0 spiro atoms. The molecule has 0 saturated carbocycles. The van der Waals surface area contributed by atoms with Crippen LogP contribution in [0, 0.1) is 0 Å². The van der Waals surface area contributed by atoms with Gasteiger partial charge in [-0.15, -0.1) is 0 Å². The Hall–Kier alpha value is -2.86. The molecule has 0 saturated heterocycles. The van der Waals surface area contributed by atoms with Crippen LogP contribution in [-0.2, 0) is 16.1 Å². The quantitative estimate of drug-likeness (QED) is 0.577. The van der Waals surface area contributed by atoms with E-state index in [-0.39, 0.29) is 25.5 Å². The topological polar surface area (TPSA) is 72.6 Å². The molecular weight excluding hydrogens is 420 g/mol. The van der Waals surface area contributed by atoms with Crippen LogP contribution in [0.1, 0.15) is 12.0 Å². The van der Waals surface area contributed by atoms with E-state index in [0.717, 1.165) is 20.8 Å². The molecule has 0 heterocycles. The molecule has 5 nitrogen and oxygen atoms in total. The molecule has 0 aliphatic carbocycles. The predicted octanol–water partition coefficient (Wildman–Crippen LogP) is 3.89. The first-order chi connectivity index (χ1) is 13.5. The van der Waals surface area contributed by atoms with Gasteiger partial charge in [-0.05, 0) is 38.3 Å². The zero-order chi connectivity index (χ0) is 19.9. The Morgan fingerprint density at radius 3 is 2.43 bits per heavy atom. The lowest BCUT2D eigenvalue weighted by atomic mass is 10.1. The van der Waals surface area contributed by atoms with Gasteiger partial charge in [0.05, 0.1) is 4.47 Å². The molecular formula is C22H21BrN2O3. The van der Waals surface area contributed by atoms with Crippen molar-refractivity contribution in [1.29, 1.82) is 0 Å². The van der Waals surface area contributed by atoms with Gasteiger partial charge < -0.3 is 15.4 Å². The lowest BCUT2D eigenvalue weighted by molar-refractivity contribution is -0.134. The number of fused-ring (bicyclic) bond motifs is 1. The number of hydrogen-bond donors (Lipinski definition) is 1. The third-order valence-electron chi connectivity index (χ3n) is 4.38. The fourth-order valence-corrected chi connectivity index (χ4v) is 3.50. The van der Waals surface area contributed by atoms with E-state index < -0.39 is 5.91 Å². The number of carbonyl (C=O) groups excluding carboxylic acids is 2. The van der Waals surface area contributed by atoms with Gasteiger partial charge in [0.25, 0.3) is 5.91 Å². The first-order valence-electron chi connectivity index (χ1n) is 8.94. The summed E-state index contributed by atoms with van der Waals surface area (Å²) in [5.74, 6) is -0.0455. The average Bonchev–Trinajstić information content (AvgIpc) is 2.71. The molecule has 0 aromatic heterocycles. The van der Waals surface area contributed by atoms with Crippen LogP contribution in [0.25, 0.3) is 10.8 Å². The number of ether oxygens (including phenoxy) is 1. The molecule has 0 bridgehead atoms. The van der Waals surface area contributed by atoms with Crippen LogP contribution in [-0.4, -0.2) is 29.9 Å². The maximum absolute atomic E-state index is 12.7.